The van der Waals surface area contributed by atoms with Crippen LogP contribution < -0.4 is 0 Å². The van der Waals surface area contributed by atoms with Gasteiger partial charge >= 0.3 is 5.97 Å². The first-order chi connectivity index (χ1) is 18.1. The van der Waals surface area contributed by atoms with Crippen LogP contribution in [-0.2, 0) is 30.5 Å². The molecule has 4 aromatic rings. The maximum Gasteiger partial charge on any atom is 0.339 e. The molecule has 2 aromatic heterocycles. The molecule has 37 heavy (non-hydrogen) atoms. The summed E-state index contributed by atoms with van der Waals surface area (Å²) in [6, 6.07) is 15.8. The molecule has 6 heteroatoms. The zero-order valence-electron chi connectivity index (χ0n) is 21.6. The molecule has 6 rings (SSSR count). The Morgan fingerprint density at radius 1 is 0.973 bits per heavy atom. The molecule has 190 valence electrons. The summed E-state index contributed by atoms with van der Waals surface area (Å²) >= 11 is 0. The summed E-state index contributed by atoms with van der Waals surface area (Å²) in [6.07, 6.45) is 4.99. The number of esters is 1. The molecule has 0 fully saturated rings. The summed E-state index contributed by atoms with van der Waals surface area (Å²) in [6.45, 7) is 6.44. The van der Waals surface area contributed by atoms with E-state index in [1.807, 2.05) is 47.0 Å². The molecule has 1 aliphatic carbocycles. The molecule has 1 aliphatic heterocycles. The molecule has 2 aliphatic rings. The van der Waals surface area contributed by atoms with Crippen LogP contribution in [0.2, 0.25) is 0 Å². The lowest BCUT2D eigenvalue weighted by Crippen LogP contribution is -2.34. The average Bonchev–Trinajstić information content (AvgIpc) is 3.26. The van der Waals surface area contributed by atoms with Crippen molar-refractivity contribution in [2.24, 2.45) is 0 Å². The van der Waals surface area contributed by atoms with Gasteiger partial charge in [-0.1, -0.05) is 43.3 Å². The van der Waals surface area contributed by atoms with E-state index in [1.54, 1.807) is 6.92 Å². The second kappa shape index (κ2) is 9.75. The minimum absolute atomic E-state index is 0.187. The topological polar surface area (TPSA) is 64.4 Å². The van der Waals surface area contributed by atoms with E-state index in [0.29, 0.717) is 12.1 Å². The van der Waals surface area contributed by atoms with E-state index in [1.165, 1.54) is 5.56 Å². The van der Waals surface area contributed by atoms with E-state index in [9.17, 15) is 9.59 Å². The number of rotatable bonds is 5. The quantitative estimate of drug-likeness (QED) is 0.331. The predicted molar refractivity (Wildman–Crippen MR) is 145 cm³/mol. The molecule has 0 radical (unpaired) electrons. The number of carbonyl (C=O) groups is 2. The highest BCUT2D eigenvalue weighted by Crippen LogP contribution is 2.33. The van der Waals surface area contributed by atoms with E-state index in [0.717, 1.165) is 90.4 Å². The standard InChI is InChI=1S/C31H33N3O3/c1-3-17-33-18-16-26-24(19-33)29(23-12-4-7-13-25(23)32-26)31(36)37-20(2)30(35)34-27-14-8-5-10-21(27)22-11-6-9-15-28(22)34/h4-5,7-8,10,12-14,20H,3,6,9,11,15-19H2,1-2H3. The van der Waals surface area contributed by atoms with Gasteiger partial charge in [-0.25, -0.2) is 4.79 Å². The van der Waals surface area contributed by atoms with Crippen LogP contribution >= 0.6 is 0 Å². The van der Waals surface area contributed by atoms with E-state index >= 15 is 0 Å². The van der Waals surface area contributed by atoms with Crippen molar-refractivity contribution in [1.29, 1.82) is 0 Å². The smallest absolute Gasteiger partial charge is 0.339 e. The fourth-order valence-corrected chi connectivity index (χ4v) is 6.19. The van der Waals surface area contributed by atoms with Crippen molar-refractivity contribution >= 4 is 33.7 Å². The summed E-state index contributed by atoms with van der Waals surface area (Å²) in [4.78, 5) is 34.9. The van der Waals surface area contributed by atoms with Crippen LogP contribution in [0.5, 0.6) is 0 Å². The van der Waals surface area contributed by atoms with Gasteiger partial charge in [-0.15, -0.1) is 0 Å². The van der Waals surface area contributed by atoms with E-state index in [4.69, 9.17) is 9.72 Å². The molecular weight excluding hydrogens is 462 g/mol. The number of carbonyl (C=O) groups excluding carboxylic acids is 2. The number of aromatic nitrogens is 2. The van der Waals surface area contributed by atoms with Gasteiger partial charge < -0.3 is 4.74 Å². The van der Waals surface area contributed by atoms with Gasteiger partial charge in [-0.05, 0) is 63.3 Å². The SMILES string of the molecule is CCCN1CCc2nc3ccccc3c(C(=O)OC(C)C(=O)n3c4c(c5ccccc53)CCCC4)c2C1. The minimum Gasteiger partial charge on any atom is -0.449 e. The molecule has 1 unspecified atom stereocenters. The predicted octanol–water partition coefficient (Wildman–Crippen LogP) is 5.72. The monoisotopic (exact) mass is 495 g/mol. The van der Waals surface area contributed by atoms with Crippen molar-refractivity contribution < 1.29 is 14.3 Å². The Balaban J connectivity index is 1.36. The highest BCUT2D eigenvalue weighted by Gasteiger charge is 2.31. The third-order valence-corrected chi connectivity index (χ3v) is 7.90. The van der Waals surface area contributed by atoms with Crippen LogP contribution in [0.25, 0.3) is 21.8 Å². The van der Waals surface area contributed by atoms with Gasteiger partial charge in [0.2, 0.25) is 0 Å². The largest absolute Gasteiger partial charge is 0.449 e. The lowest BCUT2D eigenvalue weighted by molar-refractivity contribution is 0.0284. The van der Waals surface area contributed by atoms with Gasteiger partial charge in [0.25, 0.3) is 5.91 Å². The number of fused-ring (bicyclic) bond motifs is 5. The van der Waals surface area contributed by atoms with Gasteiger partial charge in [-0.3, -0.25) is 19.2 Å². The highest BCUT2D eigenvalue weighted by molar-refractivity contribution is 6.06. The number of para-hydroxylation sites is 2. The molecule has 0 spiro atoms. The van der Waals surface area contributed by atoms with Crippen LogP contribution in [0.15, 0.2) is 48.5 Å². The Morgan fingerprint density at radius 3 is 2.57 bits per heavy atom. The summed E-state index contributed by atoms with van der Waals surface area (Å²) in [5.74, 6) is -0.632. The Labute approximate surface area is 217 Å². The lowest BCUT2D eigenvalue weighted by Gasteiger charge is -2.29. The minimum atomic E-state index is -0.910. The van der Waals surface area contributed by atoms with Crippen LogP contribution in [0.1, 0.15) is 70.8 Å². The summed E-state index contributed by atoms with van der Waals surface area (Å²) < 4.78 is 7.79. The van der Waals surface area contributed by atoms with Gasteiger partial charge in [0.05, 0.1) is 16.6 Å². The van der Waals surface area contributed by atoms with Crippen molar-refractivity contribution in [3.8, 4) is 0 Å². The fourth-order valence-electron chi connectivity index (χ4n) is 6.19. The Bertz CT molecular complexity index is 1520. The van der Waals surface area contributed by atoms with E-state index in [-0.39, 0.29) is 5.91 Å². The molecule has 0 N–H and O–H groups in total. The molecule has 2 aromatic carbocycles. The van der Waals surface area contributed by atoms with E-state index in [2.05, 4.69) is 17.9 Å². The van der Waals surface area contributed by atoms with E-state index < -0.39 is 12.1 Å². The number of aryl methyl sites for hydroxylation is 1. The molecule has 0 bridgehead atoms. The maximum atomic E-state index is 13.8. The summed E-state index contributed by atoms with van der Waals surface area (Å²) in [5.41, 5.74) is 6.49. The van der Waals surface area contributed by atoms with Crippen molar-refractivity contribution in [2.75, 3.05) is 13.1 Å². The number of hydrogen-bond donors (Lipinski definition) is 0. The third kappa shape index (κ3) is 4.13. The molecule has 3 heterocycles. The highest BCUT2D eigenvalue weighted by atomic mass is 16.5. The number of benzene rings is 2. The summed E-state index contributed by atoms with van der Waals surface area (Å²) in [7, 11) is 0. The zero-order valence-corrected chi connectivity index (χ0v) is 21.6. The van der Waals surface area contributed by atoms with Crippen molar-refractivity contribution in [3.05, 3.63) is 76.6 Å². The Hall–Kier alpha value is -3.51. The van der Waals surface area contributed by atoms with Gasteiger partial charge in [0.1, 0.15) is 0 Å². The van der Waals surface area contributed by atoms with Crippen molar-refractivity contribution in [3.63, 3.8) is 0 Å². The number of nitrogens with zero attached hydrogens (tertiary/aromatic N) is 3. The number of ether oxygens (including phenoxy) is 1. The Kier molecular flexibility index (Phi) is 6.29. The fraction of sp³-hybridized carbons (Fsp3) is 0.387. The van der Waals surface area contributed by atoms with Crippen LogP contribution in [0.3, 0.4) is 0 Å². The summed E-state index contributed by atoms with van der Waals surface area (Å²) in [5, 5.41) is 1.92. The molecule has 6 nitrogen and oxygen atoms in total. The second-order valence-corrected chi connectivity index (χ2v) is 10.3. The molecule has 0 saturated heterocycles. The third-order valence-electron chi connectivity index (χ3n) is 7.90. The molecule has 0 amide bonds. The first-order valence-corrected chi connectivity index (χ1v) is 13.6. The average molecular weight is 496 g/mol. The molecule has 0 saturated carbocycles. The van der Waals surface area contributed by atoms with Crippen LogP contribution in [0.4, 0.5) is 0 Å². The van der Waals surface area contributed by atoms with Gasteiger partial charge in [-0.2, -0.15) is 0 Å². The first-order valence-electron chi connectivity index (χ1n) is 13.6. The van der Waals surface area contributed by atoms with Gasteiger partial charge in [0.15, 0.2) is 6.10 Å². The first kappa shape index (κ1) is 23.9. The molecular formula is C31H33N3O3. The number of hydrogen-bond acceptors (Lipinski definition) is 5. The lowest BCUT2D eigenvalue weighted by atomic mass is 9.95. The van der Waals surface area contributed by atoms with Crippen molar-refractivity contribution in [2.45, 2.75) is 65.0 Å². The van der Waals surface area contributed by atoms with Crippen molar-refractivity contribution in [1.82, 2.24) is 14.5 Å². The Morgan fingerprint density at radius 2 is 1.73 bits per heavy atom. The molecule has 1 atom stereocenters. The van der Waals surface area contributed by atoms with Crippen LogP contribution in [-0.4, -0.2) is 45.5 Å². The zero-order chi connectivity index (χ0) is 25.5. The normalized spacial score (nSPS) is 16.4. The van der Waals surface area contributed by atoms with Crippen LogP contribution in [0, 0.1) is 0 Å². The van der Waals surface area contributed by atoms with Gasteiger partial charge in [0, 0.05) is 47.2 Å². The maximum absolute atomic E-state index is 13.8. The second-order valence-electron chi connectivity index (χ2n) is 10.3. The number of pyridine rings is 1.